The molecule has 0 saturated carbocycles. The van der Waals surface area contributed by atoms with Crippen molar-refractivity contribution in [3.05, 3.63) is 23.8 Å². The summed E-state index contributed by atoms with van der Waals surface area (Å²) in [5, 5.41) is 17.5. The molecule has 0 bridgehead atoms. The fourth-order valence-corrected chi connectivity index (χ4v) is 1.35. The van der Waals surface area contributed by atoms with Gasteiger partial charge in [-0.15, -0.1) is 0 Å². The van der Waals surface area contributed by atoms with E-state index < -0.39 is 32.3 Å². The van der Waals surface area contributed by atoms with Crippen molar-refractivity contribution >= 4 is 42.3 Å². The summed E-state index contributed by atoms with van der Waals surface area (Å²) in [7, 11) is -4.45. The fraction of sp³-hybridized carbons (Fsp3) is 0. The molecule has 1 aromatic rings. The van der Waals surface area contributed by atoms with Crippen LogP contribution in [0.5, 0.6) is 5.75 Å². The van der Waals surface area contributed by atoms with Gasteiger partial charge in [-0.05, 0) is 18.2 Å². The second-order valence-corrected chi connectivity index (χ2v) is 3.88. The van der Waals surface area contributed by atoms with E-state index in [2.05, 4.69) is 0 Å². The zero-order chi connectivity index (χ0) is 10.9. The van der Waals surface area contributed by atoms with Gasteiger partial charge < -0.3 is 10.2 Å². The number of benzene rings is 1. The summed E-state index contributed by atoms with van der Waals surface area (Å²) in [6.45, 7) is 0. The maximum absolute atomic E-state index is 10.6. The van der Waals surface area contributed by atoms with Crippen molar-refractivity contribution < 1.29 is 28.0 Å². The minimum absolute atomic E-state index is 0. The Morgan fingerprint density at radius 2 is 1.80 bits per heavy atom. The molecule has 0 spiro atoms. The van der Waals surface area contributed by atoms with E-state index in [0.717, 1.165) is 12.1 Å². The molecule has 0 aliphatic carbocycles. The Balaban J connectivity index is 0.00000196. The van der Waals surface area contributed by atoms with Crippen LogP contribution < -0.4 is 0 Å². The van der Waals surface area contributed by atoms with Crippen molar-refractivity contribution in [2.24, 2.45) is 0 Å². The molecular formula is C7H6BiO6S. The van der Waals surface area contributed by atoms with E-state index in [1.165, 1.54) is 0 Å². The maximum Gasteiger partial charge on any atom is 0.339 e. The molecule has 3 radical (unpaired) electrons. The van der Waals surface area contributed by atoms with Gasteiger partial charge in [-0.2, -0.15) is 8.42 Å². The maximum atomic E-state index is 10.6. The molecule has 0 aliphatic heterocycles. The average molecular weight is 427 g/mol. The predicted molar refractivity (Wildman–Crippen MR) is 50.6 cm³/mol. The summed E-state index contributed by atoms with van der Waals surface area (Å²) in [4.78, 5) is 9.89. The minimum Gasteiger partial charge on any atom is -0.507 e. The Labute approximate surface area is 104 Å². The van der Waals surface area contributed by atoms with Crippen molar-refractivity contribution in [2.45, 2.75) is 4.90 Å². The minimum atomic E-state index is -4.45. The topological polar surface area (TPSA) is 112 Å². The number of aromatic hydroxyl groups is 1. The Hall–Kier alpha value is -0.717. The molecule has 6 nitrogen and oxygen atoms in total. The first-order valence-electron chi connectivity index (χ1n) is 3.36. The number of hydrogen-bond donors (Lipinski definition) is 3. The van der Waals surface area contributed by atoms with Crippen molar-refractivity contribution in [3.8, 4) is 5.75 Å². The zero-order valence-corrected chi connectivity index (χ0v) is 11.4. The van der Waals surface area contributed by atoms with Crippen LogP contribution in [0.4, 0.5) is 0 Å². The van der Waals surface area contributed by atoms with Gasteiger partial charge >= 0.3 is 5.97 Å². The Kier molecular flexibility index (Phi) is 4.64. The first kappa shape index (κ1) is 14.3. The van der Waals surface area contributed by atoms with Crippen LogP contribution in [0.1, 0.15) is 10.4 Å². The van der Waals surface area contributed by atoms with Crippen LogP contribution in [0.3, 0.4) is 0 Å². The third-order valence-corrected chi connectivity index (χ3v) is 2.35. The molecular weight excluding hydrogens is 421 g/mol. The van der Waals surface area contributed by atoms with Gasteiger partial charge in [-0.25, -0.2) is 4.79 Å². The zero-order valence-electron chi connectivity index (χ0n) is 7.15. The quantitative estimate of drug-likeness (QED) is 0.451. The second kappa shape index (κ2) is 4.87. The molecule has 81 valence electrons. The van der Waals surface area contributed by atoms with E-state index >= 15 is 0 Å². The van der Waals surface area contributed by atoms with Crippen LogP contribution in [0, 0.1) is 0 Å². The summed E-state index contributed by atoms with van der Waals surface area (Å²) in [6, 6.07) is 2.46. The SMILES string of the molecule is O=C(O)c1cc(S(=O)(=O)O)ccc1O.[Bi]. The van der Waals surface area contributed by atoms with Gasteiger partial charge in [0.25, 0.3) is 10.1 Å². The number of rotatable bonds is 2. The number of hydrogen-bond acceptors (Lipinski definition) is 4. The van der Waals surface area contributed by atoms with Crippen LogP contribution in [0.15, 0.2) is 23.1 Å². The number of phenols is 1. The smallest absolute Gasteiger partial charge is 0.339 e. The summed E-state index contributed by atoms with van der Waals surface area (Å²) >= 11 is 0. The molecule has 1 rings (SSSR count). The normalized spacial score (nSPS) is 10.5. The van der Waals surface area contributed by atoms with Gasteiger partial charge in [-0.3, -0.25) is 4.55 Å². The first-order chi connectivity index (χ1) is 6.32. The Bertz CT molecular complexity index is 480. The number of aromatic carboxylic acids is 1. The molecule has 0 fully saturated rings. The molecule has 1 aromatic carbocycles. The van der Waals surface area contributed by atoms with Gasteiger partial charge in [0.1, 0.15) is 11.3 Å². The van der Waals surface area contributed by atoms with Gasteiger partial charge in [0.15, 0.2) is 0 Å². The molecule has 0 atom stereocenters. The fourth-order valence-electron chi connectivity index (χ4n) is 0.847. The Morgan fingerprint density at radius 1 is 1.27 bits per heavy atom. The van der Waals surface area contributed by atoms with Crippen LogP contribution in [0.2, 0.25) is 0 Å². The van der Waals surface area contributed by atoms with Gasteiger partial charge in [0, 0.05) is 26.2 Å². The van der Waals surface area contributed by atoms with Gasteiger partial charge in [0.2, 0.25) is 0 Å². The van der Waals surface area contributed by atoms with E-state index in [-0.39, 0.29) is 26.2 Å². The molecule has 15 heavy (non-hydrogen) atoms. The third-order valence-electron chi connectivity index (χ3n) is 1.50. The molecule has 8 heteroatoms. The first-order valence-corrected chi connectivity index (χ1v) is 4.80. The standard InChI is InChI=1S/C7H6O6S.Bi/c8-6-2-1-4(14(11,12)13)3-5(6)7(9)10;/h1-3,8H,(H,9,10)(H,11,12,13);. The van der Waals surface area contributed by atoms with Crippen LogP contribution in [0.25, 0.3) is 0 Å². The largest absolute Gasteiger partial charge is 0.507 e. The Morgan fingerprint density at radius 3 is 2.20 bits per heavy atom. The molecule has 0 aromatic heterocycles. The van der Waals surface area contributed by atoms with Crippen LogP contribution in [-0.2, 0) is 10.1 Å². The monoisotopic (exact) mass is 427 g/mol. The summed E-state index contributed by atoms with van der Waals surface area (Å²) in [5.74, 6) is -2.04. The number of carboxylic acids is 1. The van der Waals surface area contributed by atoms with Crippen LogP contribution >= 0.6 is 0 Å². The van der Waals surface area contributed by atoms with Crippen molar-refractivity contribution in [3.63, 3.8) is 0 Å². The summed E-state index contributed by atoms with van der Waals surface area (Å²) in [6.07, 6.45) is 0. The van der Waals surface area contributed by atoms with Gasteiger partial charge in [0.05, 0.1) is 4.90 Å². The summed E-state index contributed by atoms with van der Waals surface area (Å²) in [5.41, 5.74) is -0.583. The van der Waals surface area contributed by atoms with E-state index in [1.54, 1.807) is 0 Å². The van der Waals surface area contributed by atoms with Crippen molar-refractivity contribution in [2.75, 3.05) is 0 Å². The van der Waals surface area contributed by atoms with E-state index in [1.807, 2.05) is 0 Å². The van der Waals surface area contributed by atoms with Crippen molar-refractivity contribution in [1.82, 2.24) is 0 Å². The number of carboxylic acid groups (broad SMARTS) is 1. The predicted octanol–water partition coefficient (Wildman–Crippen LogP) is -0.0437. The van der Waals surface area contributed by atoms with E-state index in [4.69, 9.17) is 14.8 Å². The molecule has 0 heterocycles. The van der Waals surface area contributed by atoms with Crippen molar-refractivity contribution in [1.29, 1.82) is 0 Å². The molecule has 0 unspecified atom stereocenters. The summed E-state index contributed by atoms with van der Waals surface area (Å²) < 4.78 is 29.8. The number of carbonyl (C=O) groups is 1. The average Bonchev–Trinajstić information content (AvgIpc) is 2.02. The second-order valence-electron chi connectivity index (χ2n) is 2.46. The van der Waals surface area contributed by atoms with Gasteiger partial charge in [-0.1, -0.05) is 0 Å². The third kappa shape index (κ3) is 3.41. The molecule has 0 aliphatic rings. The molecule has 0 saturated heterocycles. The van der Waals surface area contributed by atoms with Crippen LogP contribution in [-0.4, -0.2) is 55.4 Å². The molecule has 3 N–H and O–H groups in total. The van der Waals surface area contributed by atoms with E-state index in [0.29, 0.717) is 6.07 Å². The van der Waals surface area contributed by atoms with E-state index in [9.17, 15) is 13.2 Å². The molecule has 0 amide bonds.